The highest BCUT2D eigenvalue weighted by Crippen LogP contribution is 2.33. The predicted octanol–water partition coefficient (Wildman–Crippen LogP) is 2.34. The molecule has 1 aromatic heterocycles. The molecule has 0 radical (unpaired) electrons. The number of para-hydroxylation sites is 1. The molecule has 2 aromatic rings. The molecule has 1 aliphatic heterocycles. The molecular formula is C20H28N4O2. The van der Waals surface area contributed by atoms with E-state index in [1.54, 1.807) is 0 Å². The summed E-state index contributed by atoms with van der Waals surface area (Å²) >= 11 is 0. The fourth-order valence-electron chi connectivity index (χ4n) is 4.19. The second kappa shape index (κ2) is 7.86. The molecule has 140 valence electrons. The second-order valence-electron chi connectivity index (χ2n) is 7.50. The van der Waals surface area contributed by atoms with Crippen LogP contribution in [0.3, 0.4) is 0 Å². The lowest BCUT2D eigenvalue weighted by Gasteiger charge is -2.37. The average molecular weight is 356 g/mol. The summed E-state index contributed by atoms with van der Waals surface area (Å²) in [5, 5.41) is 18.8. The van der Waals surface area contributed by atoms with E-state index >= 15 is 0 Å². The topological polar surface area (TPSA) is 72.2 Å². The van der Waals surface area contributed by atoms with Crippen molar-refractivity contribution in [2.24, 2.45) is 0 Å². The predicted molar refractivity (Wildman–Crippen MR) is 99.5 cm³/mol. The molecular weight excluding hydrogens is 328 g/mol. The number of aryl methyl sites for hydroxylation is 1. The van der Waals surface area contributed by atoms with Gasteiger partial charge >= 0.3 is 0 Å². The van der Waals surface area contributed by atoms with Crippen LogP contribution in [0.1, 0.15) is 49.7 Å². The Balaban J connectivity index is 1.52. The summed E-state index contributed by atoms with van der Waals surface area (Å²) in [4.78, 5) is 4.74. The van der Waals surface area contributed by atoms with Crippen molar-refractivity contribution in [1.82, 2.24) is 20.1 Å². The van der Waals surface area contributed by atoms with Gasteiger partial charge in [-0.05, 0) is 51.2 Å². The molecule has 1 saturated carbocycles. The number of benzene rings is 1. The number of nitrogens with zero attached hydrogens (tertiary/aromatic N) is 3. The Morgan fingerprint density at radius 2 is 1.88 bits per heavy atom. The summed E-state index contributed by atoms with van der Waals surface area (Å²) < 4.78 is 7.42. The average Bonchev–Trinajstić information content (AvgIpc) is 3.07. The zero-order chi connectivity index (χ0) is 17.9. The molecule has 0 amide bonds. The number of ether oxygens (including phenoxy) is 1. The van der Waals surface area contributed by atoms with Crippen molar-refractivity contribution in [1.29, 1.82) is 0 Å². The largest absolute Gasteiger partial charge is 0.392 e. The zero-order valence-electron chi connectivity index (χ0n) is 15.3. The molecule has 2 aliphatic rings. The number of aliphatic hydroxyl groups excluding tert-OH is 1. The van der Waals surface area contributed by atoms with E-state index in [0.717, 1.165) is 62.7 Å². The van der Waals surface area contributed by atoms with Crippen LogP contribution in [-0.4, -0.2) is 51.3 Å². The van der Waals surface area contributed by atoms with Gasteiger partial charge in [-0.15, -0.1) is 0 Å². The van der Waals surface area contributed by atoms with Gasteiger partial charge in [0.1, 0.15) is 11.6 Å². The number of aromatic nitrogens is 3. The maximum absolute atomic E-state index is 10.5. The quantitative estimate of drug-likeness (QED) is 0.880. The minimum atomic E-state index is -0.289. The summed E-state index contributed by atoms with van der Waals surface area (Å²) in [5.41, 5.74) is 1.04. The van der Waals surface area contributed by atoms with Crippen LogP contribution in [0.4, 0.5) is 0 Å². The third-order valence-electron chi connectivity index (χ3n) is 5.59. The summed E-state index contributed by atoms with van der Waals surface area (Å²) in [6, 6.07) is 10.7. The van der Waals surface area contributed by atoms with Crippen LogP contribution in [0.5, 0.6) is 0 Å². The summed E-state index contributed by atoms with van der Waals surface area (Å²) in [6.07, 6.45) is 4.39. The summed E-state index contributed by atoms with van der Waals surface area (Å²) in [5.74, 6) is 2.11. The Kier molecular flexibility index (Phi) is 5.33. The van der Waals surface area contributed by atoms with Crippen molar-refractivity contribution in [3.05, 3.63) is 42.0 Å². The van der Waals surface area contributed by atoms with Crippen molar-refractivity contribution < 1.29 is 9.84 Å². The van der Waals surface area contributed by atoms with Crippen LogP contribution in [0.2, 0.25) is 0 Å². The van der Waals surface area contributed by atoms with Gasteiger partial charge in [0.25, 0.3) is 0 Å². The van der Waals surface area contributed by atoms with Crippen LogP contribution in [0.15, 0.2) is 30.3 Å². The highest BCUT2D eigenvalue weighted by molar-refractivity contribution is 5.32. The van der Waals surface area contributed by atoms with E-state index in [1.165, 1.54) is 0 Å². The van der Waals surface area contributed by atoms with Gasteiger partial charge in [0.2, 0.25) is 0 Å². The van der Waals surface area contributed by atoms with E-state index in [2.05, 4.69) is 22.5 Å². The third-order valence-corrected chi connectivity index (χ3v) is 5.59. The van der Waals surface area contributed by atoms with Gasteiger partial charge in [0, 0.05) is 31.2 Å². The molecule has 2 fully saturated rings. The highest BCUT2D eigenvalue weighted by atomic mass is 16.5. The third kappa shape index (κ3) is 3.82. The number of hydrogen-bond acceptors (Lipinski definition) is 5. The van der Waals surface area contributed by atoms with Crippen molar-refractivity contribution >= 4 is 0 Å². The SMILES string of the molecule is Cc1nc([C@H]2CC[C@@H](O)[C@H](NC3CCOCC3)C2)n(-c2ccccc2)n1. The lowest BCUT2D eigenvalue weighted by atomic mass is 9.82. The van der Waals surface area contributed by atoms with Gasteiger partial charge < -0.3 is 15.2 Å². The Hall–Kier alpha value is -1.76. The molecule has 26 heavy (non-hydrogen) atoms. The molecule has 6 nitrogen and oxygen atoms in total. The van der Waals surface area contributed by atoms with Gasteiger partial charge in [-0.25, -0.2) is 9.67 Å². The fourth-order valence-corrected chi connectivity index (χ4v) is 4.19. The Bertz CT molecular complexity index is 712. The maximum atomic E-state index is 10.5. The van der Waals surface area contributed by atoms with E-state index in [9.17, 15) is 5.11 Å². The van der Waals surface area contributed by atoms with Crippen LogP contribution < -0.4 is 5.32 Å². The zero-order valence-corrected chi connectivity index (χ0v) is 15.3. The van der Waals surface area contributed by atoms with Gasteiger partial charge in [-0.1, -0.05) is 18.2 Å². The van der Waals surface area contributed by atoms with Crippen molar-refractivity contribution in [2.75, 3.05) is 13.2 Å². The first kappa shape index (κ1) is 17.6. The van der Waals surface area contributed by atoms with Gasteiger partial charge in [0.05, 0.1) is 11.8 Å². The molecule has 6 heteroatoms. The first-order valence-corrected chi connectivity index (χ1v) is 9.71. The fraction of sp³-hybridized carbons (Fsp3) is 0.600. The standard InChI is InChI=1S/C20H28N4O2/c1-14-21-20(24(23-14)17-5-3-2-4-6-17)15-7-8-19(25)18(13-15)22-16-9-11-26-12-10-16/h2-6,15-16,18-19,22,25H,7-13H2,1H3/t15-,18+,19+/m0/s1. The molecule has 2 heterocycles. The molecule has 0 bridgehead atoms. The monoisotopic (exact) mass is 356 g/mol. The number of aliphatic hydroxyl groups is 1. The Morgan fingerprint density at radius 1 is 1.12 bits per heavy atom. The van der Waals surface area contributed by atoms with E-state index in [4.69, 9.17) is 9.72 Å². The van der Waals surface area contributed by atoms with E-state index in [-0.39, 0.29) is 12.1 Å². The molecule has 1 aromatic carbocycles. The van der Waals surface area contributed by atoms with E-state index in [1.807, 2.05) is 29.8 Å². The Morgan fingerprint density at radius 3 is 2.65 bits per heavy atom. The van der Waals surface area contributed by atoms with Gasteiger partial charge in [0.15, 0.2) is 0 Å². The van der Waals surface area contributed by atoms with Crippen LogP contribution in [-0.2, 0) is 4.74 Å². The molecule has 0 unspecified atom stereocenters. The molecule has 4 rings (SSSR count). The summed E-state index contributed by atoms with van der Waals surface area (Å²) in [6.45, 7) is 3.56. The highest BCUT2D eigenvalue weighted by Gasteiger charge is 2.34. The molecule has 0 spiro atoms. The summed E-state index contributed by atoms with van der Waals surface area (Å²) in [7, 11) is 0. The van der Waals surface area contributed by atoms with Crippen molar-refractivity contribution in [3.8, 4) is 5.69 Å². The smallest absolute Gasteiger partial charge is 0.148 e. The number of nitrogens with one attached hydrogen (secondary N) is 1. The van der Waals surface area contributed by atoms with E-state index in [0.29, 0.717) is 12.0 Å². The maximum Gasteiger partial charge on any atom is 0.148 e. The van der Waals surface area contributed by atoms with Crippen LogP contribution in [0.25, 0.3) is 5.69 Å². The minimum Gasteiger partial charge on any atom is -0.392 e. The first-order valence-electron chi connectivity index (χ1n) is 9.71. The van der Waals surface area contributed by atoms with E-state index < -0.39 is 0 Å². The number of rotatable bonds is 4. The normalized spacial score (nSPS) is 27.5. The molecule has 2 N–H and O–H groups in total. The number of hydrogen-bond donors (Lipinski definition) is 2. The van der Waals surface area contributed by atoms with Crippen LogP contribution >= 0.6 is 0 Å². The molecule has 1 saturated heterocycles. The van der Waals surface area contributed by atoms with Crippen molar-refractivity contribution in [3.63, 3.8) is 0 Å². The minimum absolute atomic E-state index is 0.109. The molecule has 1 aliphatic carbocycles. The first-order chi connectivity index (χ1) is 12.7. The Labute approximate surface area is 154 Å². The van der Waals surface area contributed by atoms with Crippen LogP contribution in [0, 0.1) is 6.92 Å². The van der Waals surface area contributed by atoms with Gasteiger partial charge in [-0.3, -0.25) is 0 Å². The van der Waals surface area contributed by atoms with Gasteiger partial charge in [-0.2, -0.15) is 5.10 Å². The lowest BCUT2D eigenvalue weighted by Crippen LogP contribution is -2.50. The lowest BCUT2D eigenvalue weighted by molar-refractivity contribution is 0.0445. The van der Waals surface area contributed by atoms with Crippen molar-refractivity contribution in [2.45, 2.75) is 63.1 Å². The molecule has 3 atom stereocenters. The second-order valence-corrected chi connectivity index (χ2v) is 7.50.